The van der Waals surface area contributed by atoms with Crippen molar-refractivity contribution in [1.29, 1.82) is 0 Å². The highest BCUT2D eigenvalue weighted by molar-refractivity contribution is 5.47. The SMILES string of the molecule is CC/C(C)=C1/C=C(C(F)(F)F)C=C[CH+]1. The maximum Gasteiger partial charge on any atom is 0.434 e. The Labute approximate surface area is 81.8 Å². The summed E-state index contributed by atoms with van der Waals surface area (Å²) >= 11 is 0. The topological polar surface area (TPSA) is 0 Å². The highest BCUT2D eigenvalue weighted by Crippen LogP contribution is 2.31. The standard InChI is InChI=1S/C11H12F3/c1-3-8(2)9-5-4-6-10(7-9)11(12,13)14/h4-7H,3H2,1-2H3/q+1/b9-8+. The van der Waals surface area contributed by atoms with Gasteiger partial charge in [-0.25, -0.2) is 0 Å². The van der Waals surface area contributed by atoms with Crippen molar-refractivity contribution in [2.24, 2.45) is 0 Å². The zero-order chi connectivity index (χ0) is 10.8. The van der Waals surface area contributed by atoms with E-state index in [-0.39, 0.29) is 0 Å². The zero-order valence-corrected chi connectivity index (χ0v) is 8.15. The molecule has 0 heterocycles. The van der Waals surface area contributed by atoms with Gasteiger partial charge < -0.3 is 0 Å². The third-order valence-electron chi connectivity index (χ3n) is 2.21. The van der Waals surface area contributed by atoms with Gasteiger partial charge in [0.2, 0.25) is 0 Å². The Morgan fingerprint density at radius 1 is 1.43 bits per heavy atom. The van der Waals surface area contributed by atoms with Gasteiger partial charge in [-0.1, -0.05) is 6.92 Å². The van der Waals surface area contributed by atoms with Gasteiger partial charge in [0.1, 0.15) is 5.57 Å². The Morgan fingerprint density at radius 3 is 2.57 bits per heavy atom. The fourth-order valence-electron chi connectivity index (χ4n) is 1.17. The summed E-state index contributed by atoms with van der Waals surface area (Å²) in [4.78, 5) is 0. The molecule has 0 amide bonds. The molecule has 0 saturated carbocycles. The molecule has 0 radical (unpaired) electrons. The lowest BCUT2D eigenvalue weighted by Gasteiger charge is -2.08. The first-order chi connectivity index (χ1) is 6.45. The molecule has 0 atom stereocenters. The molecule has 0 aliphatic heterocycles. The normalized spacial score (nSPS) is 20.2. The Morgan fingerprint density at radius 2 is 2.07 bits per heavy atom. The highest BCUT2D eigenvalue weighted by Gasteiger charge is 2.36. The molecule has 0 aromatic carbocycles. The third kappa shape index (κ3) is 2.44. The van der Waals surface area contributed by atoms with Gasteiger partial charge in [-0.15, -0.1) is 0 Å². The number of rotatable bonds is 1. The second-order valence-electron chi connectivity index (χ2n) is 3.21. The summed E-state index contributed by atoms with van der Waals surface area (Å²) in [5.41, 5.74) is 1.06. The predicted molar refractivity (Wildman–Crippen MR) is 50.6 cm³/mol. The van der Waals surface area contributed by atoms with E-state index in [4.69, 9.17) is 0 Å². The van der Waals surface area contributed by atoms with Crippen LogP contribution in [0.4, 0.5) is 13.2 Å². The third-order valence-corrected chi connectivity index (χ3v) is 2.21. The van der Waals surface area contributed by atoms with E-state index in [1.165, 1.54) is 12.2 Å². The summed E-state index contributed by atoms with van der Waals surface area (Å²) in [5.74, 6) is 0. The van der Waals surface area contributed by atoms with Crippen molar-refractivity contribution in [1.82, 2.24) is 0 Å². The van der Waals surface area contributed by atoms with Crippen LogP contribution < -0.4 is 0 Å². The Bertz CT molecular complexity index is 303. The zero-order valence-electron chi connectivity index (χ0n) is 8.15. The second kappa shape index (κ2) is 3.95. The van der Waals surface area contributed by atoms with Gasteiger partial charge in [0.05, 0.1) is 5.57 Å². The van der Waals surface area contributed by atoms with Gasteiger partial charge in [0.15, 0.2) is 0 Å². The van der Waals surface area contributed by atoms with Crippen LogP contribution in [-0.2, 0) is 0 Å². The van der Waals surface area contributed by atoms with Crippen LogP contribution in [0.3, 0.4) is 0 Å². The maximum atomic E-state index is 12.3. The fourth-order valence-corrected chi connectivity index (χ4v) is 1.17. The quantitative estimate of drug-likeness (QED) is 0.563. The number of halogens is 3. The van der Waals surface area contributed by atoms with Crippen LogP contribution in [0.1, 0.15) is 20.3 Å². The van der Waals surface area contributed by atoms with Crippen LogP contribution in [0.2, 0.25) is 0 Å². The fraction of sp³-hybridized carbons (Fsp3) is 0.364. The summed E-state index contributed by atoms with van der Waals surface area (Å²) in [5, 5.41) is 0. The van der Waals surface area contributed by atoms with Gasteiger partial charge in [0, 0.05) is 36.6 Å². The van der Waals surface area contributed by atoms with Crippen LogP contribution in [0, 0.1) is 6.42 Å². The van der Waals surface area contributed by atoms with Gasteiger partial charge in [-0.2, -0.15) is 13.2 Å². The van der Waals surface area contributed by atoms with Crippen LogP contribution >= 0.6 is 0 Å². The molecule has 0 unspecified atom stereocenters. The van der Waals surface area contributed by atoms with Crippen LogP contribution in [0.25, 0.3) is 0 Å². The van der Waals surface area contributed by atoms with Crippen molar-refractivity contribution >= 4 is 0 Å². The Hall–Kier alpha value is -1.12. The molecule has 0 fully saturated rings. The van der Waals surface area contributed by atoms with E-state index in [0.717, 1.165) is 18.1 Å². The average Bonchev–Trinajstić information content (AvgIpc) is 2.15. The smallest absolute Gasteiger partial charge is 0.164 e. The molecular weight excluding hydrogens is 189 g/mol. The first kappa shape index (κ1) is 11.0. The monoisotopic (exact) mass is 201 g/mol. The van der Waals surface area contributed by atoms with Gasteiger partial charge in [-0.05, 0) is 6.92 Å². The molecule has 14 heavy (non-hydrogen) atoms. The molecule has 1 aliphatic carbocycles. The molecular formula is C11H12F3+. The summed E-state index contributed by atoms with van der Waals surface area (Å²) < 4.78 is 37.0. The van der Waals surface area contributed by atoms with Crippen molar-refractivity contribution in [3.8, 4) is 0 Å². The van der Waals surface area contributed by atoms with Crippen molar-refractivity contribution in [2.45, 2.75) is 26.4 Å². The van der Waals surface area contributed by atoms with Crippen molar-refractivity contribution < 1.29 is 13.2 Å². The lowest BCUT2D eigenvalue weighted by molar-refractivity contribution is -0.0883. The first-order valence-corrected chi connectivity index (χ1v) is 4.45. The van der Waals surface area contributed by atoms with E-state index in [1.807, 2.05) is 13.8 Å². The summed E-state index contributed by atoms with van der Waals surface area (Å²) in [7, 11) is 0. The van der Waals surface area contributed by atoms with Gasteiger partial charge >= 0.3 is 6.18 Å². The molecule has 0 N–H and O–H groups in total. The minimum Gasteiger partial charge on any atom is -0.164 e. The summed E-state index contributed by atoms with van der Waals surface area (Å²) in [6, 6.07) is 0. The molecule has 1 rings (SSSR count). The largest absolute Gasteiger partial charge is 0.434 e. The number of hydrogen-bond acceptors (Lipinski definition) is 0. The Kier molecular flexibility index (Phi) is 3.09. The van der Waals surface area contributed by atoms with E-state index in [0.29, 0.717) is 5.57 Å². The van der Waals surface area contributed by atoms with E-state index in [1.54, 1.807) is 6.42 Å². The predicted octanol–water partition coefficient (Wildman–Crippen LogP) is 3.98. The van der Waals surface area contributed by atoms with Gasteiger partial charge in [0.25, 0.3) is 0 Å². The molecule has 0 aromatic heterocycles. The number of allylic oxidation sites excluding steroid dienone is 6. The van der Waals surface area contributed by atoms with Crippen LogP contribution in [0.15, 0.2) is 34.9 Å². The molecule has 0 saturated heterocycles. The van der Waals surface area contributed by atoms with Crippen molar-refractivity contribution in [3.63, 3.8) is 0 Å². The summed E-state index contributed by atoms with van der Waals surface area (Å²) in [6.45, 7) is 3.77. The molecule has 0 spiro atoms. The second-order valence-corrected chi connectivity index (χ2v) is 3.21. The molecule has 0 aromatic rings. The highest BCUT2D eigenvalue weighted by atomic mass is 19.4. The van der Waals surface area contributed by atoms with Gasteiger partial charge in [-0.3, -0.25) is 0 Å². The average molecular weight is 201 g/mol. The molecule has 0 bridgehead atoms. The van der Waals surface area contributed by atoms with Crippen LogP contribution in [0.5, 0.6) is 0 Å². The molecule has 0 nitrogen and oxygen atoms in total. The minimum absolute atomic E-state index is 0.581. The van der Waals surface area contributed by atoms with E-state index < -0.39 is 11.7 Å². The molecule has 1 aliphatic rings. The van der Waals surface area contributed by atoms with Crippen molar-refractivity contribution in [2.75, 3.05) is 0 Å². The number of alkyl halides is 3. The van der Waals surface area contributed by atoms with E-state index in [9.17, 15) is 13.2 Å². The van der Waals surface area contributed by atoms with E-state index >= 15 is 0 Å². The Balaban J connectivity index is 3.01. The lowest BCUT2D eigenvalue weighted by Crippen LogP contribution is -2.12. The van der Waals surface area contributed by atoms with Crippen molar-refractivity contribution in [3.05, 3.63) is 41.4 Å². The number of hydrogen-bond donors (Lipinski definition) is 0. The minimum atomic E-state index is -4.25. The molecule has 76 valence electrons. The van der Waals surface area contributed by atoms with Crippen LogP contribution in [-0.4, -0.2) is 6.18 Å². The first-order valence-electron chi connectivity index (χ1n) is 4.45. The van der Waals surface area contributed by atoms with E-state index in [2.05, 4.69) is 0 Å². The lowest BCUT2D eigenvalue weighted by atomic mass is 9.96. The summed E-state index contributed by atoms with van der Waals surface area (Å²) in [6.07, 6.45) is 1.95. The molecule has 3 heteroatoms. The maximum absolute atomic E-state index is 12.3.